The van der Waals surface area contributed by atoms with E-state index in [-0.39, 0.29) is 23.4 Å². The van der Waals surface area contributed by atoms with Gasteiger partial charge >= 0.3 is 5.97 Å². The van der Waals surface area contributed by atoms with Gasteiger partial charge in [-0.1, -0.05) is 41.6 Å². The van der Waals surface area contributed by atoms with Crippen LogP contribution in [0.3, 0.4) is 0 Å². The normalized spacial score (nSPS) is 12.5. The Labute approximate surface area is 161 Å². The molecule has 0 aliphatic rings. The van der Waals surface area contributed by atoms with Crippen LogP contribution in [-0.2, 0) is 16.0 Å². The first-order valence-electron chi connectivity index (χ1n) is 8.55. The van der Waals surface area contributed by atoms with Crippen molar-refractivity contribution < 1.29 is 19.5 Å². The summed E-state index contributed by atoms with van der Waals surface area (Å²) in [4.78, 5) is 28.2. The summed E-state index contributed by atoms with van der Waals surface area (Å²) in [6, 6.07) is 13.2. The second kappa shape index (κ2) is 8.26. The summed E-state index contributed by atoms with van der Waals surface area (Å²) in [5.41, 5.74) is 7.90. The lowest BCUT2D eigenvalue weighted by atomic mass is 10.0. The fraction of sp³-hybridized carbons (Fsp3) is 0.150. The molecule has 3 rings (SSSR count). The molecule has 0 saturated heterocycles. The number of carbonyl (C=O) groups excluding carboxylic acids is 2. The zero-order valence-electron chi connectivity index (χ0n) is 15.2. The lowest BCUT2D eigenvalue weighted by Crippen LogP contribution is -2.43. The Kier molecular flexibility index (Phi) is 5.59. The summed E-state index contributed by atoms with van der Waals surface area (Å²) in [5, 5.41) is 15.5. The van der Waals surface area contributed by atoms with Crippen molar-refractivity contribution in [3.8, 4) is 0 Å². The zero-order chi connectivity index (χ0) is 20.1. The van der Waals surface area contributed by atoms with Crippen molar-refractivity contribution in [1.29, 1.82) is 0 Å². The summed E-state index contributed by atoms with van der Waals surface area (Å²) in [6.45, 7) is 0. The van der Waals surface area contributed by atoms with E-state index in [4.69, 9.17) is 15.7 Å². The van der Waals surface area contributed by atoms with Crippen LogP contribution in [0, 0.1) is 0 Å². The van der Waals surface area contributed by atoms with E-state index in [9.17, 15) is 9.59 Å². The molecule has 28 heavy (non-hydrogen) atoms. The number of benzene rings is 2. The third-order valence-electron chi connectivity index (χ3n) is 4.45. The van der Waals surface area contributed by atoms with Gasteiger partial charge in [-0.2, -0.15) is 0 Å². The van der Waals surface area contributed by atoms with Crippen LogP contribution < -0.4 is 11.1 Å². The Bertz CT molecular complexity index is 1040. The summed E-state index contributed by atoms with van der Waals surface area (Å²) in [5.74, 6) is -1.30. The Morgan fingerprint density at radius 1 is 1.18 bits per heavy atom. The number of oxime groups is 1. The van der Waals surface area contributed by atoms with Gasteiger partial charge in [0, 0.05) is 29.1 Å². The van der Waals surface area contributed by atoms with Gasteiger partial charge in [0.2, 0.25) is 0 Å². The van der Waals surface area contributed by atoms with Gasteiger partial charge in [0.25, 0.3) is 5.91 Å². The van der Waals surface area contributed by atoms with Crippen LogP contribution in [0.25, 0.3) is 10.9 Å². The van der Waals surface area contributed by atoms with Crippen molar-refractivity contribution in [2.24, 2.45) is 10.9 Å². The van der Waals surface area contributed by atoms with Crippen molar-refractivity contribution in [2.75, 3.05) is 7.11 Å². The highest BCUT2D eigenvalue weighted by Gasteiger charge is 2.25. The molecule has 8 heteroatoms. The monoisotopic (exact) mass is 380 g/mol. The molecule has 0 spiro atoms. The van der Waals surface area contributed by atoms with E-state index in [1.54, 1.807) is 24.4 Å². The van der Waals surface area contributed by atoms with E-state index in [2.05, 4.69) is 15.5 Å². The van der Waals surface area contributed by atoms with E-state index in [1.807, 2.05) is 24.3 Å². The Balaban J connectivity index is 1.88. The molecule has 0 radical (unpaired) electrons. The van der Waals surface area contributed by atoms with Gasteiger partial charge < -0.3 is 26.0 Å². The van der Waals surface area contributed by atoms with Crippen LogP contribution in [0.2, 0.25) is 0 Å². The first-order valence-corrected chi connectivity index (χ1v) is 8.55. The van der Waals surface area contributed by atoms with Gasteiger partial charge in [0.15, 0.2) is 5.84 Å². The average molecular weight is 380 g/mol. The van der Waals surface area contributed by atoms with Crippen molar-refractivity contribution in [2.45, 2.75) is 12.5 Å². The van der Waals surface area contributed by atoms with E-state index in [0.717, 1.165) is 16.5 Å². The number of para-hydroxylation sites is 1. The molecule has 0 aliphatic heterocycles. The van der Waals surface area contributed by atoms with Gasteiger partial charge in [-0.15, -0.1) is 0 Å². The third-order valence-corrected chi connectivity index (χ3v) is 4.45. The molecule has 1 atom stereocenters. The molecule has 0 saturated carbocycles. The molecule has 1 heterocycles. The quantitative estimate of drug-likeness (QED) is 0.170. The maximum Gasteiger partial charge on any atom is 0.328 e. The highest BCUT2D eigenvalue weighted by Crippen LogP contribution is 2.20. The molecule has 5 N–H and O–H groups in total. The summed E-state index contributed by atoms with van der Waals surface area (Å²) < 4.78 is 4.86. The molecule has 3 aromatic rings. The SMILES string of the molecule is COC(=O)[C@H](Cc1c[nH]c2ccccc12)NC(=O)c1ccccc1C(N)=NO. The first-order chi connectivity index (χ1) is 13.5. The number of ether oxygens (including phenoxy) is 1. The Hall–Kier alpha value is -3.81. The number of carbonyl (C=O) groups is 2. The number of nitrogens with zero attached hydrogens (tertiary/aromatic N) is 1. The zero-order valence-corrected chi connectivity index (χ0v) is 15.2. The fourth-order valence-electron chi connectivity index (χ4n) is 3.05. The van der Waals surface area contributed by atoms with Gasteiger partial charge in [-0.3, -0.25) is 4.79 Å². The number of fused-ring (bicyclic) bond motifs is 1. The second-order valence-electron chi connectivity index (χ2n) is 6.14. The summed E-state index contributed by atoms with van der Waals surface area (Å²) in [6.07, 6.45) is 2.05. The number of H-pyrrole nitrogens is 1. The van der Waals surface area contributed by atoms with Gasteiger partial charge in [-0.05, 0) is 17.7 Å². The first kappa shape index (κ1) is 19.0. The fourth-order valence-corrected chi connectivity index (χ4v) is 3.05. The summed E-state index contributed by atoms with van der Waals surface area (Å²) >= 11 is 0. The Morgan fingerprint density at radius 3 is 2.57 bits per heavy atom. The molecule has 0 fully saturated rings. The minimum atomic E-state index is -0.906. The number of hydrogen-bond acceptors (Lipinski definition) is 5. The van der Waals surface area contributed by atoms with Crippen LogP contribution in [0.5, 0.6) is 0 Å². The van der Waals surface area contributed by atoms with E-state index in [1.165, 1.54) is 13.2 Å². The molecular weight excluding hydrogens is 360 g/mol. The lowest BCUT2D eigenvalue weighted by Gasteiger charge is -2.17. The van der Waals surface area contributed by atoms with Crippen LogP contribution >= 0.6 is 0 Å². The van der Waals surface area contributed by atoms with Gasteiger partial charge in [-0.25, -0.2) is 4.79 Å². The standard InChI is InChI=1S/C20H20N4O4/c1-28-20(26)17(10-12-11-22-16-9-5-4-6-13(12)16)23-19(25)15-8-3-2-7-14(15)18(21)24-27/h2-9,11,17,22,27H,10H2,1H3,(H2,21,24)(H,23,25)/t17-/m0/s1. The average Bonchev–Trinajstić information content (AvgIpc) is 3.15. The topological polar surface area (TPSA) is 130 Å². The molecule has 0 bridgehead atoms. The molecule has 0 unspecified atom stereocenters. The number of amides is 1. The third kappa shape index (κ3) is 3.80. The molecular formula is C20H20N4O4. The molecule has 1 aromatic heterocycles. The maximum absolute atomic E-state index is 12.8. The molecule has 144 valence electrons. The van der Waals surface area contributed by atoms with Crippen molar-refractivity contribution in [3.05, 3.63) is 71.4 Å². The molecule has 8 nitrogen and oxygen atoms in total. The van der Waals surface area contributed by atoms with Crippen molar-refractivity contribution >= 4 is 28.6 Å². The maximum atomic E-state index is 12.8. The largest absolute Gasteiger partial charge is 0.467 e. The summed E-state index contributed by atoms with van der Waals surface area (Å²) in [7, 11) is 1.26. The van der Waals surface area contributed by atoms with E-state index in [0.29, 0.717) is 0 Å². The predicted molar refractivity (Wildman–Crippen MR) is 104 cm³/mol. The number of nitrogens with one attached hydrogen (secondary N) is 2. The molecule has 1 amide bonds. The number of esters is 1. The van der Waals surface area contributed by atoms with Crippen LogP contribution in [0.4, 0.5) is 0 Å². The number of hydrogen-bond donors (Lipinski definition) is 4. The number of amidine groups is 1. The highest BCUT2D eigenvalue weighted by atomic mass is 16.5. The smallest absolute Gasteiger partial charge is 0.328 e. The highest BCUT2D eigenvalue weighted by molar-refractivity contribution is 6.09. The van der Waals surface area contributed by atoms with Crippen LogP contribution in [0.1, 0.15) is 21.5 Å². The minimum Gasteiger partial charge on any atom is -0.467 e. The number of methoxy groups -OCH3 is 1. The van der Waals surface area contributed by atoms with E-state index >= 15 is 0 Å². The van der Waals surface area contributed by atoms with Crippen molar-refractivity contribution in [3.63, 3.8) is 0 Å². The molecule has 2 aromatic carbocycles. The second-order valence-corrected chi connectivity index (χ2v) is 6.14. The van der Waals surface area contributed by atoms with Crippen LogP contribution in [0.15, 0.2) is 59.9 Å². The lowest BCUT2D eigenvalue weighted by molar-refractivity contribution is -0.142. The van der Waals surface area contributed by atoms with Gasteiger partial charge in [0.1, 0.15) is 6.04 Å². The van der Waals surface area contributed by atoms with E-state index < -0.39 is 17.9 Å². The van der Waals surface area contributed by atoms with Crippen LogP contribution in [-0.4, -0.2) is 41.1 Å². The van der Waals surface area contributed by atoms with Crippen molar-refractivity contribution in [1.82, 2.24) is 10.3 Å². The number of aromatic nitrogens is 1. The molecule has 0 aliphatic carbocycles. The number of rotatable bonds is 6. The Morgan fingerprint density at radius 2 is 1.86 bits per heavy atom. The van der Waals surface area contributed by atoms with Gasteiger partial charge in [0.05, 0.1) is 12.7 Å². The minimum absolute atomic E-state index is 0.186. The number of nitrogens with two attached hydrogens (primary N) is 1. The number of aromatic amines is 1. The predicted octanol–water partition coefficient (Wildman–Crippen LogP) is 1.78.